The number of likely N-dealkylation sites (tertiary alicyclic amines) is 1. The number of rotatable bonds is 2. The van der Waals surface area contributed by atoms with Gasteiger partial charge < -0.3 is 9.80 Å². The number of hydrogen-bond donors (Lipinski definition) is 0. The van der Waals surface area contributed by atoms with Crippen molar-refractivity contribution in [2.75, 3.05) is 24.5 Å². The van der Waals surface area contributed by atoms with E-state index in [1.165, 1.54) is 6.42 Å². The fourth-order valence-corrected chi connectivity index (χ4v) is 5.51. The normalized spacial score (nSPS) is 24.7. The summed E-state index contributed by atoms with van der Waals surface area (Å²) in [6, 6.07) is 6.18. The number of anilines is 1. The second kappa shape index (κ2) is 6.44. The molecule has 2 aliphatic heterocycles. The van der Waals surface area contributed by atoms with Gasteiger partial charge in [0.15, 0.2) is 5.13 Å². The molecule has 4 nitrogen and oxygen atoms in total. The number of halogens is 1. The maximum absolute atomic E-state index is 12.3. The molecule has 134 valence electrons. The van der Waals surface area contributed by atoms with Gasteiger partial charge in [0.2, 0.25) is 5.91 Å². The Labute approximate surface area is 157 Å². The van der Waals surface area contributed by atoms with Crippen molar-refractivity contribution in [1.82, 2.24) is 9.88 Å². The van der Waals surface area contributed by atoms with Gasteiger partial charge in [-0.25, -0.2) is 4.98 Å². The number of fused-ring (bicyclic) bond motifs is 1. The molecule has 2 fully saturated rings. The molecule has 2 aliphatic rings. The lowest BCUT2D eigenvalue weighted by atomic mass is 9.73. The minimum atomic E-state index is 0.214. The lowest BCUT2D eigenvalue weighted by molar-refractivity contribution is -0.140. The topological polar surface area (TPSA) is 36.4 Å². The number of amides is 1. The molecule has 0 unspecified atom stereocenters. The Hall–Kier alpha value is -1.33. The monoisotopic (exact) mass is 377 g/mol. The third kappa shape index (κ3) is 3.24. The molecular weight excluding hydrogens is 354 g/mol. The second-order valence-electron chi connectivity index (χ2n) is 7.75. The molecule has 1 amide bonds. The van der Waals surface area contributed by atoms with Crippen LogP contribution in [0.2, 0.25) is 5.02 Å². The summed E-state index contributed by atoms with van der Waals surface area (Å²) >= 11 is 7.84. The van der Waals surface area contributed by atoms with Gasteiger partial charge in [-0.1, -0.05) is 22.9 Å². The lowest BCUT2D eigenvalue weighted by Crippen LogP contribution is -2.55. The van der Waals surface area contributed by atoms with Crippen molar-refractivity contribution in [2.45, 2.75) is 45.6 Å². The third-order valence-electron chi connectivity index (χ3n) is 5.59. The summed E-state index contributed by atoms with van der Waals surface area (Å²) in [5, 5.41) is 1.85. The average molecular weight is 378 g/mol. The molecule has 2 saturated heterocycles. The van der Waals surface area contributed by atoms with E-state index in [-0.39, 0.29) is 11.5 Å². The second-order valence-corrected chi connectivity index (χ2v) is 9.19. The van der Waals surface area contributed by atoms with E-state index in [9.17, 15) is 4.79 Å². The Balaban J connectivity index is 1.58. The standard InChI is InChI=1S/C19H24ClN3OS/c1-13(2)23-12-19(8-6-17(23)24)7-3-9-22(11-19)18-21-15-5-4-14(20)10-16(15)25-18/h4-5,10,13H,3,6-9,11-12H2,1-2H3/t19-/m0/s1. The van der Waals surface area contributed by atoms with Crippen LogP contribution < -0.4 is 4.90 Å². The molecule has 6 heteroatoms. The van der Waals surface area contributed by atoms with Gasteiger partial charge in [0, 0.05) is 42.5 Å². The third-order valence-corrected chi connectivity index (χ3v) is 6.90. The van der Waals surface area contributed by atoms with E-state index in [2.05, 4.69) is 23.6 Å². The molecular formula is C19H24ClN3OS. The molecule has 3 heterocycles. The maximum atomic E-state index is 12.3. The van der Waals surface area contributed by atoms with Crippen LogP contribution in [-0.4, -0.2) is 41.5 Å². The van der Waals surface area contributed by atoms with Crippen molar-refractivity contribution in [3.8, 4) is 0 Å². The minimum absolute atomic E-state index is 0.214. The van der Waals surface area contributed by atoms with Crippen molar-refractivity contribution < 1.29 is 4.79 Å². The maximum Gasteiger partial charge on any atom is 0.222 e. The quantitative estimate of drug-likeness (QED) is 0.769. The van der Waals surface area contributed by atoms with E-state index in [1.807, 2.05) is 18.2 Å². The van der Waals surface area contributed by atoms with Crippen LogP contribution in [0.4, 0.5) is 5.13 Å². The highest BCUT2D eigenvalue weighted by Crippen LogP contribution is 2.42. The molecule has 0 bridgehead atoms. The summed E-state index contributed by atoms with van der Waals surface area (Å²) in [6.45, 7) is 7.17. The lowest BCUT2D eigenvalue weighted by Gasteiger charge is -2.49. The first-order chi connectivity index (χ1) is 12.0. The summed E-state index contributed by atoms with van der Waals surface area (Å²) in [5.41, 5.74) is 1.23. The smallest absolute Gasteiger partial charge is 0.222 e. The first-order valence-corrected chi connectivity index (χ1v) is 10.3. The van der Waals surface area contributed by atoms with E-state index < -0.39 is 0 Å². The first kappa shape index (κ1) is 17.1. The Kier molecular flexibility index (Phi) is 4.40. The van der Waals surface area contributed by atoms with Crippen LogP contribution in [0.5, 0.6) is 0 Å². The number of thiazole rings is 1. The number of carbonyl (C=O) groups is 1. The van der Waals surface area contributed by atoms with E-state index >= 15 is 0 Å². The van der Waals surface area contributed by atoms with Crippen LogP contribution in [0.3, 0.4) is 0 Å². The predicted octanol–water partition coefficient (Wildman–Crippen LogP) is 4.57. The molecule has 0 radical (unpaired) electrons. The highest BCUT2D eigenvalue weighted by atomic mass is 35.5. The van der Waals surface area contributed by atoms with E-state index in [4.69, 9.17) is 16.6 Å². The van der Waals surface area contributed by atoms with Gasteiger partial charge in [0.05, 0.1) is 10.2 Å². The Morgan fingerprint density at radius 3 is 2.92 bits per heavy atom. The summed E-state index contributed by atoms with van der Waals surface area (Å²) < 4.78 is 1.14. The molecule has 1 aromatic heterocycles. The van der Waals surface area contributed by atoms with Crippen molar-refractivity contribution in [2.24, 2.45) is 5.41 Å². The SMILES string of the molecule is CC(C)N1C[C@@]2(CCCN(c3nc4ccc(Cl)cc4s3)C2)CCC1=O. The van der Waals surface area contributed by atoms with Gasteiger partial charge in [-0.2, -0.15) is 0 Å². The van der Waals surface area contributed by atoms with Gasteiger partial charge in [0.1, 0.15) is 0 Å². The first-order valence-electron chi connectivity index (χ1n) is 9.06. The highest BCUT2D eigenvalue weighted by molar-refractivity contribution is 7.22. The predicted molar refractivity (Wildman–Crippen MR) is 105 cm³/mol. The summed E-state index contributed by atoms with van der Waals surface area (Å²) in [5.74, 6) is 0.312. The number of carbonyl (C=O) groups excluding carboxylic acids is 1. The van der Waals surface area contributed by atoms with Crippen molar-refractivity contribution in [1.29, 1.82) is 0 Å². The van der Waals surface area contributed by atoms with Gasteiger partial charge in [-0.3, -0.25) is 4.79 Å². The zero-order valence-corrected chi connectivity index (χ0v) is 16.4. The molecule has 0 N–H and O–H groups in total. The van der Waals surface area contributed by atoms with E-state index in [0.29, 0.717) is 12.3 Å². The van der Waals surface area contributed by atoms with Gasteiger partial charge in [-0.15, -0.1) is 0 Å². The number of nitrogens with zero attached hydrogens (tertiary/aromatic N) is 3. The number of benzene rings is 1. The van der Waals surface area contributed by atoms with Crippen LogP contribution in [0, 0.1) is 5.41 Å². The number of hydrogen-bond acceptors (Lipinski definition) is 4. The molecule has 4 rings (SSSR count). The molecule has 25 heavy (non-hydrogen) atoms. The largest absolute Gasteiger partial charge is 0.347 e. The van der Waals surface area contributed by atoms with Gasteiger partial charge in [0.25, 0.3) is 0 Å². The molecule has 0 aliphatic carbocycles. The molecule has 1 atom stereocenters. The molecule has 1 aromatic carbocycles. The average Bonchev–Trinajstić information content (AvgIpc) is 3.00. The van der Waals surface area contributed by atoms with Crippen LogP contribution >= 0.6 is 22.9 Å². The van der Waals surface area contributed by atoms with Crippen molar-refractivity contribution in [3.63, 3.8) is 0 Å². The summed E-state index contributed by atoms with van der Waals surface area (Å²) in [4.78, 5) is 21.6. The Morgan fingerprint density at radius 2 is 2.12 bits per heavy atom. The zero-order chi connectivity index (χ0) is 17.6. The van der Waals surface area contributed by atoms with E-state index in [1.54, 1.807) is 11.3 Å². The van der Waals surface area contributed by atoms with Gasteiger partial charge >= 0.3 is 0 Å². The fraction of sp³-hybridized carbons (Fsp3) is 0.579. The van der Waals surface area contributed by atoms with Crippen LogP contribution in [0.15, 0.2) is 18.2 Å². The summed E-state index contributed by atoms with van der Waals surface area (Å²) in [6.07, 6.45) is 4.05. The molecule has 1 spiro atoms. The molecule has 2 aromatic rings. The van der Waals surface area contributed by atoms with Crippen LogP contribution in [0.25, 0.3) is 10.2 Å². The number of piperidine rings is 2. The summed E-state index contributed by atoms with van der Waals surface area (Å²) in [7, 11) is 0. The number of aromatic nitrogens is 1. The van der Waals surface area contributed by atoms with Crippen LogP contribution in [0.1, 0.15) is 39.5 Å². The Bertz CT molecular complexity index is 805. The fourth-order valence-electron chi connectivity index (χ4n) is 4.24. The zero-order valence-electron chi connectivity index (χ0n) is 14.8. The highest BCUT2D eigenvalue weighted by Gasteiger charge is 2.42. The minimum Gasteiger partial charge on any atom is -0.347 e. The molecule has 0 saturated carbocycles. The van der Waals surface area contributed by atoms with Crippen molar-refractivity contribution in [3.05, 3.63) is 23.2 Å². The van der Waals surface area contributed by atoms with Crippen molar-refractivity contribution >= 4 is 44.2 Å². The Morgan fingerprint density at radius 1 is 1.28 bits per heavy atom. The van der Waals surface area contributed by atoms with E-state index in [0.717, 1.165) is 52.8 Å². The van der Waals surface area contributed by atoms with Gasteiger partial charge in [-0.05, 0) is 51.3 Å². The van der Waals surface area contributed by atoms with Crippen LogP contribution in [-0.2, 0) is 4.79 Å².